The zero-order valence-corrected chi connectivity index (χ0v) is 34.0. The molecule has 0 fully saturated rings. The molecular weight excluding hydrogens is 660 g/mol. The van der Waals surface area contributed by atoms with Gasteiger partial charge in [-0.3, -0.25) is 9.59 Å². The summed E-state index contributed by atoms with van der Waals surface area (Å²) in [6, 6.07) is 0. The highest BCUT2D eigenvalue weighted by atomic mass is 16.7. The molecule has 0 saturated heterocycles. The third kappa shape index (κ3) is 36.0. The third-order valence-electron chi connectivity index (χ3n) is 8.53. The monoisotopic (exact) mass is 739 g/mol. The summed E-state index contributed by atoms with van der Waals surface area (Å²) in [6.45, 7) is 8.71. The molecule has 10 heteroatoms. The number of allylic oxidation sites excluding steroid dienone is 4. The van der Waals surface area contributed by atoms with E-state index in [0.717, 1.165) is 70.8 Å². The predicted molar refractivity (Wildman–Crippen MR) is 211 cm³/mol. The normalized spacial score (nSPS) is 12.8. The Morgan fingerprint density at radius 3 is 1.83 bits per heavy atom. The maximum Gasteiger partial charge on any atom is 0.407 e. The van der Waals surface area contributed by atoms with Crippen molar-refractivity contribution in [2.45, 2.75) is 162 Å². The van der Waals surface area contributed by atoms with Crippen LogP contribution in [0, 0.1) is 5.92 Å². The lowest BCUT2D eigenvalue weighted by Gasteiger charge is -2.19. The van der Waals surface area contributed by atoms with Crippen LogP contribution in [0.3, 0.4) is 0 Å². The van der Waals surface area contributed by atoms with Crippen molar-refractivity contribution in [2.75, 3.05) is 60.2 Å². The molecule has 0 aromatic heterocycles. The zero-order valence-electron chi connectivity index (χ0n) is 34.0. The highest BCUT2D eigenvalue weighted by molar-refractivity contribution is 5.70. The first kappa shape index (κ1) is 49.6. The van der Waals surface area contributed by atoms with E-state index in [1.54, 1.807) is 0 Å². The number of unbranched alkanes of at least 4 members (excludes halogenated alkanes) is 13. The van der Waals surface area contributed by atoms with Crippen molar-refractivity contribution in [1.29, 1.82) is 0 Å². The summed E-state index contributed by atoms with van der Waals surface area (Å²) in [5, 5.41) is 2.74. The summed E-state index contributed by atoms with van der Waals surface area (Å²) in [5.74, 6) is -1.17. The number of hydrogen-bond donors (Lipinski definition) is 1. The van der Waals surface area contributed by atoms with E-state index < -0.39 is 24.3 Å². The molecule has 2 atom stereocenters. The molecule has 0 aromatic carbocycles. The van der Waals surface area contributed by atoms with Crippen molar-refractivity contribution >= 4 is 18.0 Å². The van der Waals surface area contributed by atoms with E-state index >= 15 is 0 Å². The fourth-order valence-corrected chi connectivity index (χ4v) is 5.35. The predicted octanol–water partition coefficient (Wildman–Crippen LogP) is 9.70. The van der Waals surface area contributed by atoms with Crippen LogP contribution in [0.1, 0.15) is 156 Å². The van der Waals surface area contributed by atoms with Gasteiger partial charge in [-0.05, 0) is 78.9 Å². The highest BCUT2D eigenvalue weighted by Crippen LogP contribution is 2.12. The summed E-state index contributed by atoms with van der Waals surface area (Å²) in [6.07, 6.45) is 29.0. The van der Waals surface area contributed by atoms with Crippen LogP contribution in [0.15, 0.2) is 24.3 Å². The van der Waals surface area contributed by atoms with Gasteiger partial charge in [0.15, 0.2) is 6.29 Å². The van der Waals surface area contributed by atoms with Crippen molar-refractivity contribution in [2.24, 2.45) is 5.92 Å². The summed E-state index contributed by atoms with van der Waals surface area (Å²) in [5.41, 5.74) is 0. The Balaban J connectivity index is 4.51. The fraction of sp³-hybridized carbons (Fsp3) is 0.833. The highest BCUT2D eigenvalue weighted by Gasteiger charge is 2.19. The average molecular weight is 739 g/mol. The van der Waals surface area contributed by atoms with Crippen LogP contribution in [0.4, 0.5) is 4.79 Å². The third-order valence-corrected chi connectivity index (χ3v) is 8.53. The molecule has 0 saturated carbocycles. The number of ether oxygens (including phenoxy) is 5. The van der Waals surface area contributed by atoms with Gasteiger partial charge >= 0.3 is 18.0 Å². The van der Waals surface area contributed by atoms with E-state index in [1.165, 1.54) is 51.4 Å². The molecule has 10 nitrogen and oxygen atoms in total. The number of carbonyl (C=O) groups excluding carboxylic acids is 3. The van der Waals surface area contributed by atoms with Crippen LogP contribution in [-0.4, -0.2) is 89.4 Å². The largest absolute Gasteiger partial charge is 0.465 e. The smallest absolute Gasteiger partial charge is 0.407 e. The van der Waals surface area contributed by atoms with Gasteiger partial charge in [0.25, 0.3) is 0 Å². The second-order valence-electron chi connectivity index (χ2n) is 14.0. The quantitative estimate of drug-likeness (QED) is 0.0219. The maximum absolute atomic E-state index is 12.6. The first-order chi connectivity index (χ1) is 25.3. The first-order valence-corrected chi connectivity index (χ1v) is 20.7. The Hall–Kier alpha value is -2.43. The summed E-state index contributed by atoms with van der Waals surface area (Å²) in [4.78, 5) is 39.4. The van der Waals surface area contributed by atoms with Crippen molar-refractivity contribution in [3.63, 3.8) is 0 Å². The van der Waals surface area contributed by atoms with Crippen molar-refractivity contribution in [3.8, 4) is 0 Å². The molecule has 0 heterocycles. The summed E-state index contributed by atoms with van der Waals surface area (Å²) >= 11 is 0. The fourth-order valence-electron chi connectivity index (χ4n) is 5.35. The van der Waals surface area contributed by atoms with Crippen LogP contribution in [0.5, 0.6) is 0 Å². The zero-order chi connectivity index (χ0) is 38.3. The minimum absolute atomic E-state index is 0.00320. The van der Waals surface area contributed by atoms with Crippen LogP contribution >= 0.6 is 0 Å². The number of esters is 2. The Kier molecular flexibility index (Phi) is 36.5. The van der Waals surface area contributed by atoms with Gasteiger partial charge in [0.2, 0.25) is 0 Å². The first-order valence-electron chi connectivity index (χ1n) is 20.7. The summed E-state index contributed by atoms with van der Waals surface area (Å²) < 4.78 is 28.0. The molecule has 0 spiro atoms. The topological polar surface area (TPSA) is 113 Å². The van der Waals surface area contributed by atoms with E-state index in [1.807, 2.05) is 25.9 Å². The van der Waals surface area contributed by atoms with E-state index in [-0.39, 0.29) is 32.2 Å². The van der Waals surface area contributed by atoms with Crippen LogP contribution in [0.25, 0.3) is 0 Å². The number of rotatable bonds is 37. The second-order valence-corrected chi connectivity index (χ2v) is 14.0. The standard InChI is InChI=1S/C42H78N2O8/c1-6-9-11-13-15-16-17-18-19-20-21-22-23-24-26-29-39(45)50-35-38(37-52-42(47)43-32-28-33-44(4)5)36-51-40(46)30-31-41(48-8-3)49-34-27-25-14-12-10-7-2/h15-16,18-19,38,41H,6-14,17,20-37H2,1-5H3,(H,43,47)/b16-15-,19-18-. The van der Waals surface area contributed by atoms with Crippen LogP contribution in [-0.2, 0) is 33.3 Å². The van der Waals surface area contributed by atoms with E-state index in [2.05, 4.69) is 43.5 Å². The molecule has 304 valence electrons. The molecule has 0 aliphatic heterocycles. The number of amides is 1. The van der Waals surface area contributed by atoms with Gasteiger partial charge in [0.1, 0.15) is 19.8 Å². The van der Waals surface area contributed by atoms with E-state index in [0.29, 0.717) is 32.6 Å². The molecule has 0 rings (SSSR count). The maximum atomic E-state index is 12.6. The van der Waals surface area contributed by atoms with Gasteiger partial charge in [0.05, 0.1) is 12.3 Å². The lowest BCUT2D eigenvalue weighted by molar-refractivity contribution is -0.159. The van der Waals surface area contributed by atoms with Crippen LogP contribution in [0.2, 0.25) is 0 Å². The van der Waals surface area contributed by atoms with Gasteiger partial charge in [-0.2, -0.15) is 0 Å². The molecule has 52 heavy (non-hydrogen) atoms. The Morgan fingerprint density at radius 1 is 0.615 bits per heavy atom. The number of nitrogens with one attached hydrogen (secondary N) is 1. The molecule has 0 bridgehead atoms. The lowest BCUT2D eigenvalue weighted by atomic mass is 10.1. The van der Waals surface area contributed by atoms with Crippen molar-refractivity contribution in [1.82, 2.24) is 10.2 Å². The Bertz CT molecular complexity index is 895. The molecule has 0 aliphatic carbocycles. The molecule has 1 amide bonds. The van der Waals surface area contributed by atoms with Gasteiger partial charge in [-0.25, -0.2) is 4.79 Å². The minimum atomic E-state index is -0.548. The number of carbonyl (C=O) groups is 3. The molecule has 0 aromatic rings. The molecule has 0 aliphatic rings. The lowest BCUT2D eigenvalue weighted by Crippen LogP contribution is -2.32. The molecule has 0 radical (unpaired) electrons. The van der Waals surface area contributed by atoms with Crippen LogP contribution < -0.4 is 5.32 Å². The molecule has 1 N–H and O–H groups in total. The van der Waals surface area contributed by atoms with Crippen molar-refractivity contribution in [3.05, 3.63) is 24.3 Å². The Labute approximate surface area is 318 Å². The van der Waals surface area contributed by atoms with E-state index in [9.17, 15) is 14.4 Å². The number of nitrogens with zero attached hydrogens (tertiary/aromatic N) is 1. The molecular formula is C42H78N2O8. The Morgan fingerprint density at radius 2 is 1.17 bits per heavy atom. The number of hydrogen-bond acceptors (Lipinski definition) is 9. The summed E-state index contributed by atoms with van der Waals surface area (Å²) in [7, 11) is 3.95. The van der Waals surface area contributed by atoms with Gasteiger partial charge in [0, 0.05) is 32.6 Å². The van der Waals surface area contributed by atoms with Gasteiger partial charge in [-0.1, -0.05) is 102 Å². The minimum Gasteiger partial charge on any atom is -0.465 e. The number of alkyl carbamates (subject to hydrolysis) is 1. The van der Waals surface area contributed by atoms with Gasteiger partial charge in [-0.15, -0.1) is 0 Å². The molecule has 2 unspecified atom stereocenters. The van der Waals surface area contributed by atoms with Crippen molar-refractivity contribution < 1.29 is 38.1 Å². The van der Waals surface area contributed by atoms with Gasteiger partial charge < -0.3 is 33.9 Å². The van der Waals surface area contributed by atoms with E-state index in [4.69, 9.17) is 23.7 Å². The average Bonchev–Trinajstić information content (AvgIpc) is 3.13. The SMILES string of the molecule is CCCCC/C=C\C/C=C\CCCCCCCC(=O)OCC(COC(=O)CCC(OCC)OCCCCCCCC)COC(=O)NCCCN(C)C. The second kappa shape index (κ2) is 38.3.